The Morgan fingerprint density at radius 2 is 1.79 bits per heavy atom. The number of nitrogens with zero attached hydrogens (tertiary/aromatic N) is 1. The van der Waals surface area contributed by atoms with Crippen LogP contribution in [0.4, 0.5) is 0 Å². The summed E-state index contributed by atoms with van der Waals surface area (Å²) in [7, 11) is 0. The van der Waals surface area contributed by atoms with Crippen LogP contribution < -0.4 is 0 Å². The molecule has 5 aromatic rings. The van der Waals surface area contributed by atoms with Gasteiger partial charge in [0, 0.05) is 33.5 Å². The first kappa shape index (κ1) is 10.2. The lowest BCUT2D eigenvalue weighted by Gasteiger charge is -2.09. The molecule has 0 unspecified atom stereocenters. The zero-order valence-corrected chi connectivity index (χ0v) is 14.9. The Balaban J connectivity index is 1.70. The van der Waals surface area contributed by atoms with Crippen molar-refractivity contribution in [1.29, 1.82) is 0 Å². The molecule has 0 aliphatic heterocycles. The summed E-state index contributed by atoms with van der Waals surface area (Å²) in [6.07, 6.45) is -1.05. The third kappa shape index (κ3) is 2.87. The largest absolute Gasteiger partial charge is 0.455 e. The standard InChI is InChI=1S/C26H21NO/c1-17-10-12-19(13-11-17)14-20-15-24(27-16-18(20)2)23-8-5-7-22-21-6-3-4-9-25(21)28-26(22)23/h3-13,15-16H,14H2,1-2H3/i1D3,2D3,14D2. The Bertz CT molecular complexity index is 1580. The summed E-state index contributed by atoms with van der Waals surface area (Å²) in [5, 5.41) is 1.80. The summed E-state index contributed by atoms with van der Waals surface area (Å²) in [5.74, 6) is 0. The first-order valence-corrected chi connectivity index (χ1v) is 8.90. The van der Waals surface area contributed by atoms with Crippen molar-refractivity contribution in [2.45, 2.75) is 20.1 Å². The molecule has 0 saturated heterocycles. The van der Waals surface area contributed by atoms with Gasteiger partial charge >= 0.3 is 0 Å². The molecule has 0 bridgehead atoms. The second-order valence-electron chi connectivity index (χ2n) is 6.60. The number of hydrogen-bond donors (Lipinski definition) is 0. The minimum Gasteiger partial charge on any atom is -0.455 e. The highest BCUT2D eigenvalue weighted by Crippen LogP contribution is 2.35. The van der Waals surface area contributed by atoms with Gasteiger partial charge in [-0.3, -0.25) is 4.98 Å². The van der Waals surface area contributed by atoms with E-state index in [1.807, 2.05) is 36.4 Å². The van der Waals surface area contributed by atoms with Crippen LogP contribution in [0.5, 0.6) is 0 Å². The van der Waals surface area contributed by atoms with Crippen LogP contribution >= 0.6 is 0 Å². The summed E-state index contributed by atoms with van der Waals surface area (Å²) in [4.78, 5) is 4.39. The first-order chi connectivity index (χ1) is 16.9. The van der Waals surface area contributed by atoms with Crippen molar-refractivity contribution in [1.82, 2.24) is 4.98 Å². The van der Waals surface area contributed by atoms with Gasteiger partial charge in [-0.2, -0.15) is 0 Å². The highest BCUT2D eigenvalue weighted by atomic mass is 16.3. The molecule has 2 aromatic heterocycles. The molecule has 0 amide bonds. The van der Waals surface area contributed by atoms with E-state index in [0.717, 1.165) is 10.8 Å². The molecule has 28 heavy (non-hydrogen) atoms. The van der Waals surface area contributed by atoms with Crippen molar-refractivity contribution in [3.63, 3.8) is 0 Å². The van der Waals surface area contributed by atoms with Gasteiger partial charge in [0.25, 0.3) is 0 Å². The van der Waals surface area contributed by atoms with Crippen molar-refractivity contribution >= 4 is 21.9 Å². The van der Waals surface area contributed by atoms with Crippen LogP contribution in [-0.2, 0) is 6.37 Å². The maximum absolute atomic E-state index is 8.89. The minimum absolute atomic E-state index is 0.0674. The average Bonchev–Trinajstić information content (AvgIpc) is 3.21. The molecule has 0 atom stereocenters. The second-order valence-corrected chi connectivity index (χ2v) is 6.60. The summed E-state index contributed by atoms with van der Waals surface area (Å²) in [6.45, 7) is -4.94. The van der Waals surface area contributed by atoms with E-state index in [0.29, 0.717) is 22.4 Å². The number of para-hydroxylation sites is 2. The van der Waals surface area contributed by atoms with Gasteiger partial charge in [0.15, 0.2) is 0 Å². The molecule has 0 aliphatic rings. The van der Waals surface area contributed by atoms with E-state index < -0.39 is 20.1 Å². The molecule has 2 nitrogen and oxygen atoms in total. The molecule has 0 N–H and O–H groups in total. The van der Waals surface area contributed by atoms with Crippen molar-refractivity contribution in [3.05, 3.63) is 101 Å². The van der Waals surface area contributed by atoms with Crippen LogP contribution in [0.15, 0.2) is 83.4 Å². The smallest absolute Gasteiger partial charge is 0.144 e. The third-order valence-electron chi connectivity index (χ3n) is 4.75. The summed E-state index contributed by atoms with van der Waals surface area (Å²) in [6, 6.07) is 20.0. The number of furan rings is 1. The molecule has 0 saturated carbocycles. The van der Waals surface area contributed by atoms with E-state index in [-0.39, 0.29) is 22.3 Å². The average molecular weight is 372 g/mol. The molecule has 2 heteroatoms. The molecule has 136 valence electrons. The summed E-state index contributed by atoms with van der Waals surface area (Å²) in [5.41, 5.74) is 2.17. The summed E-state index contributed by atoms with van der Waals surface area (Å²) < 4.78 is 70.5. The van der Waals surface area contributed by atoms with Gasteiger partial charge in [-0.25, -0.2) is 0 Å². The second kappa shape index (κ2) is 6.65. The molecule has 5 rings (SSSR count). The molecule has 0 fully saturated rings. The molecular formula is C26H21NO. The Labute approximate surface area is 175 Å². The zero-order chi connectivity index (χ0) is 25.9. The Hall–Kier alpha value is -3.39. The van der Waals surface area contributed by atoms with Crippen molar-refractivity contribution in [3.8, 4) is 11.3 Å². The maximum Gasteiger partial charge on any atom is 0.144 e. The van der Waals surface area contributed by atoms with Gasteiger partial charge in [0.1, 0.15) is 11.2 Å². The van der Waals surface area contributed by atoms with E-state index in [2.05, 4.69) is 4.98 Å². The number of aryl methyl sites for hydroxylation is 2. The molecule has 3 aromatic carbocycles. The van der Waals surface area contributed by atoms with E-state index in [9.17, 15) is 0 Å². The van der Waals surface area contributed by atoms with Crippen LogP contribution in [0.25, 0.3) is 33.2 Å². The fourth-order valence-corrected chi connectivity index (χ4v) is 3.36. The molecule has 0 radical (unpaired) electrons. The Morgan fingerprint density at radius 1 is 0.929 bits per heavy atom. The lowest BCUT2D eigenvalue weighted by molar-refractivity contribution is 0.670. The van der Waals surface area contributed by atoms with E-state index in [4.69, 9.17) is 15.4 Å². The van der Waals surface area contributed by atoms with E-state index in [1.165, 1.54) is 36.5 Å². The highest BCUT2D eigenvalue weighted by Gasteiger charge is 2.13. The minimum atomic E-state index is -2.61. The third-order valence-corrected chi connectivity index (χ3v) is 4.75. The molecular weight excluding hydrogens is 342 g/mol. The number of aromatic nitrogens is 1. The van der Waals surface area contributed by atoms with Gasteiger partial charge in [0.2, 0.25) is 0 Å². The number of pyridine rings is 1. The fraction of sp³-hybridized carbons (Fsp3) is 0.115. The zero-order valence-electron chi connectivity index (χ0n) is 22.9. The number of rotatable bonds is 3. The summed E-state index contributed by atoms with van der Waals surface area (Å²) >= 11 is 0. The van der Waals surface area contributed by atoms with Gasteiger partial charge in [-0.1, -0.05) is 60.2 Å². The number of fused-ring (bicyclic) bond motifs is 3. The van der Waals surface area contributed by atoms with Crippen LogP contribution in [0, 0.1) is 13.7 Å². The predicted molar refractivity (Wildman–Crippen MR) is 116 cm³/mol. The number of benzene rings is 3. The predicted octanol–water partition coefficient (Wildman–Crippen LogP) is 6.86. The first-order valence-electron chi connectivity index (χ1n) is 12.9. The van der Waals surface area contributed by atoms with E-state index in [1.54, 1.807) is 6.07 Å². The fourth-order valence-electron chi connectivity index (χ4n) is 3.36. The van der Waals surface area contributed by atoms with Crippen molar-refractivity contribution < 1.29 is 15.4 Å². The quantitative estimate of drug-likeness (QED) is 0.346. The number of hydrogen-bond acceptors (Lipinski definition) is 2. The molecule has 2 heterocycles. The van der Waals surface area contributed by atoms with Crippen molar-refractivity contribution in [2.75, 3.05) is 0 Å². The highest BCUT2D eigenvalue weighted by molar-refractivity contribution is 6.09. The topological polar surface area (TPSA) is 26.0 Å². The van der Waals surface area contributed by atoms with Crippen LogP contribution in [-0.4, -0.2) is 4.98 Å². The SMILES string of the molecule is [2H]C([2H])([2H])c1ccc(C([2H])([2H])c2cc(-c3cccc4c3oc3ccccc34)ncc2C([2H])([2H])[2H])cc1. The lowest BCUT2D eigenvalue weighted by Crippen LogP contribution is -1.95. The monoisotopic (exact) mass is 371 g/mol. The van der Waals surface area contributed by atoms with Gasteiger partial charge in [0.05, 0.1) is 5.69 Å². The van der Waals surface area contributed by atoms with Crippen LogP contribution in [0.3, 0.4) is 0 Å². The Morgan fingerprint density at radius 3 is 2.64 bits per heavy atom. The van der Waals surface area contributed by atoms with Crippen LogP contribution in [0.2, 0.25) is 0 Å². The Kier molecular flexibility index (Phi) is 2.43. The van der Waals surface area contributed by atoms with Gasteiger partial charge < -0.3 is 4.42 Å². The maximum atomic E-state index is 8.89. The van der Waals surface area contributed by atoms with Gasteiger partial charge in [-0.15, -0.1) is 0 Å². The molecule has 0 spiro atoms. The van der Waals surface area contributed by atoms with Crippen LogP contribution in [0.1, 0.15) is 33.2 Å². The lowest BCUT2D eigenvalue weighted by atomic mass is 9.98. The van der Waals surface area contributed by atoms with E-state index >= 15 is 0 Å². The molecule has 0 aliphatic carbocycles. The van der Waals surface area contributed by atoms with Gasteiger partial charge in [-0.05, 0) is 55.0 Å². The normalized spacial score (nSPS) is 17.0. The van der Waals surface area contributed by atoms with Crippen molar-refractivity contribution in [2.24, 2.45) is 0 Å².